The fourth-order valence-corrected chi connectivity index (χ4v) is 6.33. The van der Waals surface area contributed by atoms with Gasteiger partial charge in [-0.25, -0.2) is 0 Å². The molecule has 1 aromatic heterocycles. The summed E-state index contributed by atoms with van der Waals surface area (Å²) in [5.41, 5.74) is 1.40. The number of hydrogen-bond donors (Lipinski definition) is 1. The van der Waals surface area contributed by atoms with Gasteiger partial charge in [-0.3, -0.25) is 9.78 Å². The van der Waals surface area contributed by atoms with E-state index >= 15 is 0 Å². The van der Waals surface area contributed by atoms with Crippen LogP contribution < -0.4 is 0 Å². The van der Waals surface area contributed by atoms with Gasteiger partial charge in [-0.2, -0.15) is 0 Å². The van der Waals surface area contributed by atoms with Crippen LogP contribution in [0.2, 0.25) is 0 Å². The van der Waals surface area contributed by atoms with Crippen LogP contribution in [-0.2, 0) is 24.9 Å². The van der Waals surface area contributed by atoms with Crippen LogP contribution in [0, 0.1) is 16.9 Å². The first-order valence-corrected chi connectivity index (χ1v) is 15.1. The number of benzene rings is 5. The van der Waals surface area contributed by atoms with Crippen molar-refractivity contribution in [1.29, 1.82) is 0 Å². The minimum Gasteiger partial charge on any atom is -0.512 e. The van der Waals surface area contributed by atoms with E-state index in [0.29, 0.717) is 0 Å². The number of fused-ring (bicyclic) bond motifs is 7. The maximum absolute atomic E-state index is 11.5. The maximum Gasteiger partial charge on any atom is 0.164 e. The predicted molar refractivity (Wildman–Crippen MR) is 177 cm³/mol. The average Bonchev–Trinajstić information content (AvgIpc) is 2.95. The summed E-state index contributed by atoms with van der Waals surface area (Å²) in [6.45, 7) is 11.1. The van der Waals surface area contributed by atoms with Gasteiger partial charge in [0.1, 0.15) is 5.76 Å². The zero-order chi connectivity index (χ0) is 29.8. The number of hydrogen-bond acceptors (Lipinski definition) is 4. The molecule has 7 rings (SSSR count). The summed E-state index contributed by atoms with van der Waals surface area (Å²) in [7, 11) is 0. The van der Waals surface area contributed by atoms with Crippen LogP contribution in [0.25, 0.3) is 54.3 Å². The molecule has 0 saturated heterocycles. The van der Waals surface area contributed by atoms with Crippen molar-refractivity contribution in [1.82, 2.24) is 4.98 Å². The Labute approximate surface area is 270 Å². The fourth-order valence-electron chi connectivity index (χ4n) is 5.17. The quantitative estimate of drug-likeness (QED) is 0.0784. The Balaban J connectivity index is 0.000000227. The smallest absolute Gasteiger partial charge is 0.164 e. The van der Waals surface area contributed by atoms with Crippen LogP contribution >= 0.6 is 11.8 Å². The predicted octanol–water partition coefficient (Wildman–Crippen LogP) is 10.7. The van der Waals surface area contributed by atoms with Crippen LogP contribution in [0.3, 0.4) is 0 Å². The molecule has 2 heterocycles. The van der Waals surface area contributed by atoms with E-state index < -0.39 is 5.41 Å². The van der Waals surface area contributed by atoms with Crippen molar-refractivity contribution < 1.29 is 30.0 Å². The summed E-state index contributed by atoms with van der Waals surface area (Å²) in [6.07, 6.45) is 3.28. The number of pyridine rings is 1. The van der Waals surface area contributed by atoms with E-state index in [0.717, 1.165) is 16.6 Å². The summed E-state index contributed by atoms with van der Waals surface area (Å²) < 4.78 is 0. The minimum absolute atomic E-state index is 0. The van der Waals surface area contributed by atoms with Crippen LogP contribution in [0.4, 0.5) is 0 Å². The van der Waals surface area contributed by atoms with Gasteiger partial charge < -0.3 is 5.11 Å². The van der Waals surface area contributed by atoms with E-state index in [1.54, 1.807) is 0 Å². The van der Waals surface area contributed by atoms with E-state index in [1.165, 1.54) is 53.6 Å². The van der Waals surface area contributed by atoms with E-state index in [-0.39, 0.29) is 37.1 Å². The third kappa shape index (κ3) is 5.87. The molecular formula is C38H34IrNO2S-. The second kappa shape index (κ2) is 11.5. The van der Waals surface area contributed by atoms with Crippen molar-refractivity contribution in [3.63, 3.8) is 0 Å². The second-order valence-corrected chi connectivity index (χ2v) is 14.0. The molecule has 3 nitrogen and oxygen atoms in total. The number of aliphatic hydroxyl groups excluding tert-OH is 1. The van der Waals surface area contributed by atoms with Gasteiger partial charge in [0.25, 0.3) is 0 Å². The molecule has 219 valence electrons. The molecule has 1 radical (unpaired) electrons. The molecule has 0 amide bonds. The first-order chi connectivity index (χ1) is 19.9. The third-order valence-corrected chi connectivity index (χ3v) is 8.80. The summed E-state index contributed by atoms with van der Waals surface area (Å²) in [6, 6.07) is 32.0. The molecule has 0 saturated carbocycles. The molecule has 0 atom stereocenters. The first-order valence-electron chi connectivity index (χ1n) is 14.2. The molecule has 0 aliphatic carbocycles. The summed E-state index contributed by atoms with van der Waals surface area (Å²) in [5.74, 6) is 0.104. The van der Waals surface area contributed by atoms with Gasteiger partial charge in [0.05, 0.1) is 0 Å². The van der Waals surface area contributed by atoms with Crippen LogP contribution in [0.15, 0.2) is 107 Å². The molecule has 0 spiro atoms. The van der Waals surface area contributed by atoms with Crippen molar-refractivity contribution in [2.75, 3.05) is 0 Å². The molecule has 1 aliphatic heterocycles. The van der Waals surface area contributed by atoms with E-state index in [4.69, 9.17) is 4.98 Å². The molecule has 5 aromatic carbocycles. The summed E-state index contributed by atoms with van der Waals surface area (Å²) in [5, 5.41) is 19.6. The third-order valence-electron chi connectivity index (χ3n) is 7.72. The van der Waals surface area contributed by atoms with Gasteiger partial charge in [-0.05, 0) is 49.3 Å². The first kappa shape index (κ1) is 30.9. The number of nitrogens with zero attached hydrogens (tertiary/aromatic N) is 1. The molecule has 1 aliphatic rings. The zero-order valence-corrected chi connectivity index (χ0v) is 28.4. The Kier molecular flexibility index (Phi) is 8.30. The van der Waals surface area contributed by atoms with Gasteiger partial charge in [-0.1, -0.05) is 107 Å². The van der Waals surface area contributed by atoms with Crippen LogP contribution in [0.5, 0.6) is 0 Å². The van der Waals surface area contributed by atoms with Crippen molar-refractivity contribution in [3.05, 3.63) is 103 Å². The molecule has 0 bridgehead atoms. The monoisotopic (exact) mass is 761 g/mol. The topological polar surface area (TPSA) is 50.2 Å². The Bertz CT molecular complexity index is 2070. The summed E-state index contributed by atoms with van der Waals surface area (Å²) in [4.78, 5) is 18.8. The average molecular weight is 761 g/mol. The Morgan fingerprint density at radius 3 is 2.19 bits per heavy atom. The number of allylic oxidation sites excluding steroid dienone is 2. The molecule has 1 N–H and O–H groups in total. The fraction of sp³-hybridized carbons (Fsp3) is 0.211. The van der Waals surface area contributed by atoms with Crippen molar-refractivity contribution in [3.8, 4) is 11.3 Å². The van der Waals surface area contributed by atoms with Crippen molar-refractivity contribution >= 4 is 60.6 Å². The van der Waals surface area contributed by atoms with Gasteiger partial charge in [0.15, 0.2) is 5.78 Å². The van der Waals surface area contributed by atoms with E-state index in [1.807, 2.05) is 59.5 Å². The van der Waals surface area contributed by atoms with Crippen LogP contribution in [-0.4, -0.2) is 15.9 Å². The second-order valence-electron chi connectivity index (χ2n) is 12.9. The number of aliphatic hydroxyl groups is 1. The van der Waals surface area contributed by atoms with Gasteiger partial charge in [0, 0.05) is 53.8 Å². The molecule has 0 fully saturated rings. The zero-order valence-electron chi connectivity index (χ0n) is 25.2. The Morgan fingerprint density at radius 2 is 1.47 bits per heavy atom. The number of ketones is 1. The Morgan fingerprint density at radius 1 is 0.767 bits per heavy atom. The number of carbonyl (C=O) groups excluding carboxylic acids is 1. The molecular weight excluding hydrogens is 727 g/mol. The molecule has 43 heavy (non-hydrogen) atoms. The Hall–Kier alpha value is -3.50. The maximum atomic E-state index is 11.5. The van der Waals surface area contributed by atoms with E-state index in [2.05, 4.69) is 84.9 Å². The molecule has 5 heteroatoms. The SMILES string of the molecule is CC(C)(C)C(=O)/C=C(\O)C(C)(C)C.[Ir].[c-]1c2c(cc3ccccc13)Sc1cc3c4ccccc4ccc3c3ccnc-2c13. The van der Waals surface area contributed by atoms with Gasteiger partial charge in [-0.15, -0.1) is 35.3 Å². The number of carbonyl (C=O) groups is 1. The van der Waals surface area contributed by atoms with Crippen molar-refractivity contribution in [2.24, 2.45) is 10.8 Å². The number of aromatic nitrogens is 1. The standard InChI is InChI=1S/C27H14NS.C11H20O2.Ir/c1-2-7-18-14-24-23(13-17(18)6-1)27-26-21(11-12-28-27)20-10-9-16-5-3-4-8-19(16)22(20)15-25(26)29-24;1-10(2,3)8(12)7-9(13)11(4,5)6;/h1-12,14-15H;7,12H,1-6H3;/q-1;;/b;8-7-;. The van der Waals surface area contributed by atoms with Gasteiger partial charge >= 0.3 is 0 Å². The largest absolute Gasteiger partial charge is 0.512 e. The van der Waals surface area contributed by atoms with Crippen molar-refractivity contribution in [2.45, 2.75) is 51.3 Å². The molecule has 0 unspecified atom stereocenters. The van der Waals surface area contributed by atoms with E-state index in [9.17, 15) is 9.90 Å². The van der Waals surface area contributed by atoms with Crippen LogP contribution in [0.1, 0.15) is 41.5 Å². The summed E-state index contributed by atoms with van der Waals surface area (Å²) >= 11 is 1.84. The normalized spacial score (nSPS) is 12.9. The minimum atomic E-state index is -0.417. The number of rotatable bonds is 1. The molecule has 6 aromatic rings. The van der Waals surface area contributed by atoms with Gasteiger partial charge in [0.2, 0.25) is 0 Å².